The van der Waals surface area contributed by atoms with Gasteiger partial charge in [-0.25, -0.2) is 9.89 Å². The summed E-state index contributed by atoms with van der Waals surface area (Å²) in [5, 5.41) is 5.91. The van der Waals surface area contributed by atoms with E-state index in [0.717, 1.165) is 36.7 Å². The van der Waals surface area contributed by atoms with Gasteiger partial charge in [-0.05, 0) is 17.7 Å². The Kier molecular flexibility index (Phi) is 4.14. The number of aromatic amines is 2. The molecule has 2 N–H and O–H groups in total. The van der Waals surface area contributed by atoms with E-state index < -0.39 is 5.69 Å². The fourth-order valence-corrected chi connectivity index (χ4v) is 3.07. The zero-order valence-electron chi connectivity index (χ0n) is 13.7. The topological polar surface area (TPSA) is 104 Å². The van der Waals surface area contributed by atoms with E-state index in [2.05, 4.69) is 20.1 Å². The van der Waals surface area contributed by atoms with Crippen LogP contribution >= 0.6 is 0 Å². The maximum absolute atomic E-state index is 12.3. The lowest BCUT2D eigenvalue weighted by Crippen LogP contribution is -2.48. The summed E-state index contributed by atoms with van der Waals surface area (Å²) in [5.74, 6) is 1.39. The van der Waals surface area contributed by atoms with Gasteiger partial charge in [-0.15, -0.1) is 5.10 Å². The molecule has 2 aromatic rings. The Morgan fingerprint density at radius 3 is 2.60 bits per heavy atom. The first-order valence-corrected chi connectivity index (χ1v) is 8.24. The highest BCUT2D eigenvalue weighted by molar-refractivity contribution is 5.90. The lowest BCUT2D eigenvalue weighted by Gasteiger charge is -2.34. The van der Waals surface area contributed by atoms with Gasteiger partial charge in [0, 0.05) is 32.7 Å². The van der Waals surface area contributed by atoms with Gasteiger partial charge in [-0.1, -0.05) is 6.07 Å². The molecule has 9 nitrogen and oxygen atoms in total. The van der Waals surface area contributed by atoms with Crippen molar-refractivity contribution >= 4 is 5.91 Å². The van der Waals surface area contributed by atoms with E-state index in [-0.39, 0.29) is 11.7 Å². The molecular formula is C16H19N5O4. The van der Waals surface area contributed by atoms with Crippen LogP contribution in [0.25, 0.3) is 0 Å². The molecule has 4 rings (SSSR count). The number of carbonyl (C=O) groups is 1. The number of benzene rings is 1. The number of fused-ring (bicyclic) bond motifs is 1. The van der Waals surface area contributed by atoms with Gasteiger partial charge >= 0.3 is 5.69 Å². The molecule has 1 amide bonds. The predicted molar refractivity (Wildman–Crippen MR) is 87.8 cm³/mol. The molecule has 0 atom stereocenters. The highest BCUT2D eigenvalue weighted by Crippen LogP contribution is 2.31. The maximum Gasteiger partial charge on any atom is 0.341 e. The number of rotatable bonds is 3. The van der Waals surface area contributed by atoms with Gasteiger partial charge < -0.3 is 14.4 Å². The van der Waals surface area contributed by atoms with Gasteiger partial charge in [-0.3, -0.25) is 14.7 Å². The third kappa shape index (κ3) is 3.36. The summed E-state index contributed by atoms with van der Waals surface area (Å²) in [6, 6.07) is 6.00. The van der Waals surface area contributed by atoms with Crippen molar-refractivity contribution in [3.8, 4) is 11.5 Å². The Hall–Kier alpha value is -2.81. The number of piperazine rings is 1. The molecule has 2 aliphatic rings. The number of aromatic nitrogens is 3. The summed E-state index contributed by atoms with van der Waals surface area (Å²) in [7, 11) is 0. The zero-order valence-corrected chi connectivity index (χ0v) is 13.7. The Morgan fingerprint density at radius 1 is 1.12 bits per heavy atom. The minimum Gasteiger partial charge on any atom is -0.486 e. The molecule has 1 aromatic heterocycles. The molecule has 0 aliphatic carbocycles. The molecule has 3 heterocycles. The Labute approximate surface area is 143 Å². The van der Waals surface area contributed by atoms with Crippen molar-refractivity contribution in [1.29, 1.82) is 0 Å². The second-order valence-electron chi connectivity index (χ2n) is 6.07. The molecule has 2 aliphatic heterocycles. The van der Waals surface area contributed by atoms with Gasteiger partial charge in [0.1, 0.15) is 13.2 Å². The van der Waals surface area contributed by atoms with Crippen LogP contribution < -0.4 is 15.2 Å². The fourth-order valence-electron chi connectivity index (χ4n) is 3.07. The number of H-pyrrole nitrogens is 2. The molecule has 1 aromatic carbocycles. The van der Waals surface area contributed by atoms with Crippen LogP contribution in [-0.2, 0) is 6.54 Å². The van der Waals surface area contributed by atoms with Crippen molar-refractivity contribution in [1.82, 2.24) is 25.0 Å². The van der Waals surface area contributed by atoms with E-state index in [4.69, 9.17) is 9.47 Å². The highest BCUT2D eigenvalue weighted by Gasteiger charge is 2.24. The number of hydrogen-bond donors (Lipinski definition) is 2. The van der Waals surface area contributed by atoms with Crippen LogP contribution in [0, 0.1) is 0 Å². The first kappa shape index (κ1) is 15.7. The third-order valence-corrected chi connectivity index (χ3v) is 4.38. The molecule has 25 heavy (non-hydrogen) atoms. The first-order chi connectivity index (χ1) is 12.2. The maximum atomic E-state index is 12.3. The van der Waals surface area contributed by atoms with E-state index in [9.17, 15) is 9.59 Å². The summed E-state index contributed by atoms with van der Waals surface area (Å²) >= 11 is 0. The van der Waals surface area contributed by atoms with E-state index in [0.29, 0.717) is 26.3 Å². The summed E-state index contributed by atoms with van der Waals surface area (Å²) in [6.07, 6.45) is 0. The third-order valence-electron chi connectivity index (χ3n) is 4.38. The molecule has 0 spiro atoms. The number of nitrogens with one attached hydrogen (secondary N) is 2. The molecule has 132 valence electrons. The van der Waals surface area contributed by atoms with Gasteiger partial charge in [0.15, 0.2) is 11.5 Å². The fraction of sp³-hybridized carbons (Fsp3) is 0.438. The number of hydrogen-bond acceptors (Lipinski definition) is 6. The van der Waals surface area contributed by atoms with E-state index in [1.165, 1.54) is 0 Å². The van der Waals surface area contributed by atoms with Crippen LogP contribution in [0.15, 0.2) is 23.0 Å². The van der Waals surface area contributed by atoms with Crippen molar-refractivity contribution in [2.24, 2.45) is 0 Å². The molecule has 1 fully saturated rings. The minimum atomic E-state index is -0.472. The molecule has 0 unspecified atom stereocenters. The number of carbonyl (C=O) groups excluding carboxylic acids is 1. The molecule has 0 saturated carbocycles. The first-order valence-electron chi connectivity index (χ1n) is 8.24. The van der Waals surface area contributed by atoms with Gasteiger partial charge in [0.2, 0.25) is 5.82 Å². The lowest BCUT2D eigenvalue weighted by atomic mass is 10.1. The van der Waals surface area contributed by atoms with Gasteiger partial charge in [0.05, 0.1) is 0 Å². The number of ether oxygens (including phenoxy) is 2. The van der Waals surface area contributed by atoms with Crippen LogP contribution in [0.5, 0.6) is 11.5 Å². The predicted octanol–water partition coefficient (Wildman–Crippen LogP) is -0.173. The number of nitrogens with zero attached hydrogens (tertiary/aromatic N) is 3. The average molecular weight is 345 g/mol. The Balaban J connectivity index is 1.34. The SMILES string of the molecule is O=C(c1n[nH]c(=O)[nH]1)N1CCN(Cc2ccc3c(c2)OCCO3)CC1. The summed E-state index contributed by atoms with van der Waals surface area (Å²) in [5.41, 5.74) is 0.682. The van der Waals surface area contributed by atoms with Gasteiger partial charge in [-0.2, -0.15) is 0 Å². The lowest BCUT2D eigenvalue weighted by molar-refractivity contribution is 0.0616. The Bertz CT molecular complexity index is 822. The average Bonchev–Trinajstić information content (AvgIpc) is 3.08. The van der Waals surface area contributed by atoms with Crippen LogP contribution in [-0.4, -0.2) is 70.3 Å². The van der Waals surface area contributed by atoms with E-state index in [1.807, 2.05) is 18.2 Å². The largest absolute Gasteiger partial charge is 0.486 e. The van der Waals surface area contributed by atoms with E-state index >= 15 is 0 Å². The van der Waals surface area contributed by atoms with Gasteiger partial charge in [0.25, 0.3) is 5.91 Å². The smallest absolute Gasteiger partial charge is 0.341 e. The molecule has 0 bridgehead atoms. The van der Waals surface area contributed by atoms with Crippen molar-refractivity contribution in [3.05, 3.63) is 40.1 Å². The van der Waals surface area contributed by atoms with Crippen LogP contribution in [0.1, 0.15) is 16.2 Å². The second kappa shape index (κ2) is 6.60. The molecular weight excluding hydrogens is 326 g/mol. The normalized spacial score (nSPS) is 17.5. The van der Waals surface area contributed by atoms with Crippen molar-refractivity contribution < 1.29 is 14.3 Å². The van der Waals surface area contributed by atoms with Crippen LogP contribution in [0.3, 0.4) is 0 Å². The summed E-state index contributed by atoms with van der Waals surface area (Å²) in [4.78, 5) is 29.7. The standard InChI is InChI=1S/C16H19N5O4/c22-15(14-17-16(23)19-18-14)21-5-3-20(4-6-21)10-11-1-2-12-13(9-11)25-8-7-24-12/h1-2,9H,3-8,10H2,(H2,17,18,19,23). The van der Waals surface area contributed by atoms with E-state index in [1.54, 1.807) is 4.90 Å². The van der Waals surface area contributed by atoms with Crippen molar-refractivity contribution in [3.63, 3.8) is 0 Å². The quantitative estimate of drug-likeness (QED) is 0.800. The summed E-state index contributed by atoms with van der Waals surface area (Å²) in [6.45, 7) is 4.66. The number of amides is 1. The van der Waals surface area contributed by atoms with Crippen LogP contribution in [0.4, 0.5) is 0 Å². The Morgan fingerprint density at radius 2 is 1.88 bits per heavy atom. The minimum absolute atomic E-state index is 0.0605. The van der Waals surface area contributed by atoms with Crippen molar-refractivity contribution in [2.75, 3.05) is 39.4 Å². The molecule has 9 heteroatoms. The zero-order chi connectivity index (χ0) is 17.2. The molecule has 0 radical (unpaired) electrons. The highest BCUT2D eigenvalue weighted by atomic mass is 16.6. The molecule has 1 saturated heterocycles. The van der Waals surface area contributed by atoms with Crippen molar-refractivity contribution in [2.45, 2.75) is 6.54 Å². The van der Waals surface area contributed by atoms with Crippen LogP contribution in [0.2, 0.25) is 0 Å². The monoisotopic (exact) mass is 345 g/mol. The second-order valence-corrected chi connectivity index (χ2v) is 6.07. The summed E-state index contributed by atoms with van der Waals surface area (Å²) < 4.78 is 11.2.